The number of fused-ring (bicyclic) bond motifs is 7. The van der Waals surface area contributed by atoms with Crippen LogP contribution in [0.3, 0.4) is 0 Å². The minimum absolute atomic E-state index is 0.125. The minimum atomic E-state index is -3.18. The Bertz CT molecular complexity index is 1390. The van der Waals surface area contributed by atoms with Crippen LogP contribution in [0.4, 0.5) is 17.3 Å². The van der Waals surface area contributed by atoms with Crippen molar-refractivity contribution in [1.82, 2.24) is 14.3 Å². The first-order valence-electron chi connectivity index (χ1n) is 12.9. The Morgan fingerprint density at radius 3 is 2.53 bits per heavy atom. The first-order valence-corrected chi connectivity index (χ1v) is 14.5. The SMILES string of the molecule is CCS(=O)(=O)N1CCN(c2ccc3cc2COC/C=C/COCc2cccc(c2)-c2ccnc(n2)N3)CC1. The lowest BCUT2D eigenvalue weighted by Crippen LogP contribution is -2.49. The number of hydrogen-bond acceptors (Lipinski definition) is 8. The van der Waals surface area contributed by atoms with Crippen molar-refractivity contribution in [2.45, 2.75) is 20.1 Å². The van der Waals surface area contributed by atoms with Crippen LogP contribution in [0.5, 0.6) is 0 Å². The van der Waals surface area contributed by atoms with E-state index in [1.54, 1.807) is 17.4 Å². The molecule has 10 heteroatoms. The molecule has 9 nitrogen and oxygen atoms in total. The van der Waals surface area contributed by atoms with E-state index in [0.717, 1.165) is 33.8 Å². The number of nitrogens with one attached hydrogen (secondary N) is 1. The van der Waals surface area contributed by atoms with Gasteiger partial charge in [-0.05, 0) is 42.8 Å². The van der Waals surface area contributed by atoms with E-state index in [4.69, 9.17) is 14.5 Å². The first kappa shape index (κ1) is 26.3. The second-order valence-corrected chi connectivity index (χ2v) is 11.5. The van der Waals surface area contributed by atoms with Crippen LogP contribution < -0.4 is 10.2 Å². The molecule has 1 N–H and O–H groups in total. The zero-order valence-electron chi connectivity index (χ0n) is 21.5. The summed E-state index contributed by atoms with van der Waals surface area (Å²) in [5, 5.41) is 3.34. The van der Waals surface area contributed by atoms with Gasteiger partial charge in [-0.2, -0.15) is 4.31 Å². The molecule has 2 aliphatic rings. The molecule has 0 radical (unpaired) electrons. The van der Waals surface area contributed by atoms with Crippen molar-refractivity contribution in [3.8, 4) is 11.3 Å². The van der Waals surface area contributed by atoms with Crippen LogP contribution >= 0.6 is 0 Å². The Kier molecular flexibility index (Phi) is 8.33. The number of aromatic nitrogens is 2. The van der Waals surface area contributed by atoms with Crippen LogP contribution in [0, 0.1) is 0 Å². The molecule has 3 heterocycles. The van der Waals surface area contributed by atoms with E-state index in [9.17, 15) is 8.42 Å². The fraction of sp³-hybridized carbons (Fsp3) is 0.357. The Labute approximate surface area is 224 Å². The lowest BCUT2D eigenvalue weighted by atomic mass is 10.1. The maximum absolute atomic E-state index is 12.3. The van der Waals surface area contributed by atoms with Crippen molar-refractivity contribution in [3.05, 3.63) is 78.0 Å². The normalized spacial score (nSPS) is 18.2. The van der Waals surface area contributed by atoms with E-state index in [-0.39, 0.29) is 5.75 Å². The lowest BCUT2D eigenvalue weighted by Gasteiger charge is -2.36. The smallest absolute Gasteiger partial charge is 0.227 e. The van der Waals surface area contributed by atoms with Crippen LogP contribution in [-0.4, -0.2) is 67.8 Å². The van der Waals surface area contributed by atoms with E-state index in [1.807, 2.05) is 42.5 Å². The molecule has 38 heavy (non-hydrogen) atoms. The highest BCUT2D eigenvalue weighted by Crippen LogP contribution is 2.28. The molecule has 3 aromatic rings. The highest BCUT2D eigenvalue weighted by molar-refractivity contribution is 7.89. The molecule has 0 amide bonds. The van der Waals surface area contributed by atoms with Crippen molar-refractivity contribution < 1.29 is 17.9 Å². The van der Waals surface area contributed by atoms with E-state index in [0.29, 0.717) is 58.6 Å². The summed E-state index contributed by atoms with van der Waals surface area (Å²) < 4.78 is 38.0. The Hall–Kier alpha value is -3.31. The van der Waals surface area contributed by atoms with Gasteiger partial charge in [0, 0.05) is 54.9 Å². The largest absolute Gasteiger partial charge is 0.373 e. The molecule has 0 saturated carbocycles. The Balaban J connectivity index is 1.41. The van der Waals surface area contributed by atoms with Crippen LogP contribution in [0.25, 0.3) is 11.3 Å². The molecule has 6 bridgehead atoms. The predicted molar refractivity (Wildman–Crippen MR) is 149 cm³/mol. The highest BCUT2D eigenvalue weighted by atomic mass is 32.2. The molecular weight excluding hydrogens is 502 g/mol. The second-order valence-electron chi connectivity index (χ2n) is 9.22. The van der Waals surface area contributed by atoms with Crippen molar-refractivity contribution in [1.29, 1.82) is 0 Å². The second kappa shape index (κ2) is 12.0. The molecule has 1 fully saturated rings. The molecule has 2 aliphatic heterocycles. The van der Waals surface area contributed by atoms with Gasteiger partial charge in [-0.15, -0.1) is 0 Å². The van der Waals surface area contributed by atoms with Gasteiger partial charge in [0.25, 0.3) is 0 Å². The minimum Gasteiger partial charge on any atom is -0.373 e. The Morgan fingerprint density at radius 2 is 1.74 bits per heavy atom. The maximum Gasteiger partial charge on any atom is 0.227 e. The summed E-state index contributed by atoms with van der Waals surface area (Å²) in [6.45, 7) is 5.77. The third kappa shape index (κ3) is 6.39. The maximum atomic E-state index is 12.3. The number of anilines is 3. The summed E-state index contributed by atoms with van der Waals surface area (Å²) in [6, 6.07) is 16.2. The number of ether oxygens (including phenoxy) is 2. The topological polar surface area (TPSA) is 96.9 Å². The van der Waals surface area contributed by atoms with Gasteiger partial charge in [0.15, 0.2) is 0 Å². The molecule has 0 unspecified atom stereocenters. The number of rotatable bonds is 3. The predicted octanol–water partition coefficient (Wildman–Crippen LogP) is 3.96. The van der Waals surface area contributed by atoms with Crippen molar-refractivity contribution >= 4 is 27.3 Å². The van der Waals surface area contributed by atoms with E-state index in [1.165, 1.54) is 0 Å². The molecule has 200 valence electrons. The van der Waals surface area contributed by atoms with Gasteiger partial charge in [0.05, 0.1) is 37.9 Å². The number of hydrogen-bond donors (Lipinski definition) is 1. The monoisotopic (exact) mass is 535 g/mol. The third-order valence-electron chi connectivity index (χ3n) is 6.67. The summed E-state index contributed by atoms with van der Waals surface area (Å²) in [6.07, 6.45) is 5.68. The average Bonchev–Trinajstić information content (AvgIpc) is 2.94. The van der Waals surface area contributed by atoms with Crippen LogP contribution in [-0.2, 0) is 32.7 Å². The van der Waals surface area contributed by atoms with Gasteiger partial charge in [0.1, 0.15) is 0 Å². The van der Waals surface area contributed by atoms with Crippen LogP contribution in [0.2, 0.25) is 0 Å². The summed E-state index contributed by atoms with van der Waals surface area (Å²) in [7, 11) is -3.18. The number of nitrogens with zero attached hydrogens (tertiary/aromatic N) is 4. The first-order chi connectivity index (χ1) is 18.5. The van der Waals surface area contributed by atoms with Crippen LogP contribution in [0.15, 0.2) is 66.9 Å². The molecule has 1 aromatic heterocycles. The number of benzene rings is 2. The van der Waals surface area contributed by atoms with Gasteiger partial charge in [-0.1, -0.05) is 30.4 Å². The molecule has 5 rings (SSSR count). The highest BCUT2D eigenvalue weighted by Gasteiger charge is 2.26. The van der Waals surface area contributed by atoms with Gasteiger partial charge < -0.3 is 19.7 Å². The molecule has 0 atom stereocenters. The van der Waals surface area contributed by atoms with Gasteiger partial charge >= 0.3 is 0 Å². The number of sulfonamides is 1. The van der Waals surface area contributed by atoms with Gasteiger partial charge in [0.2, 0.25) is 16.0 Å². The summed E-state index contributed by atoms with van der Waals surface area (Å²) in [5.74, 6) is 0.630. The zero-order chi connectivity index (χ0) is 26.4. The van der Waals surface area contributed by atoms with E-state index < -0.39 is 10.0 Å². The van der Waals surface area contributed by atoms with Crippen molar-refractivity contribution in [2.75, 3.05) is 55.4 Å². The fourth-order valence-corrected chi connectivity index (χ4v) is 5.71. The fourth-order valence-electron chi connectivity index (χ4n) is 4.62. The summed E-state index contributed by atoms with van der Waals surface area (Å²) in [4.78, 5) is 11.4. The van der Waals surface area contributed by atoms with Crippen molar-refractivity contribution in [3.63, 3.8) is 0 Å². The van der Waals surface area contributed by atoms with Crippen molar-refractivity contribution in [2.24, 2.45) is 0 Å². The van der Waals surface area contributed by atoms with E-state index in [2.05, 4.69) is 33.4 Å². The molecular formula is C28H33N5O4S. The molecule has 0 aliphatic carbocycles. The number of piperazine rings is 1. The third-order valence-corrected chi connectivity index (χ3v) is 8.55. The van der Waals surface area contributed by atoms with Gasteiger partial charge in [-0.25, -0.2) is 18.4 Å². The summed E-state index contributed by atoms with van der Waals surface area (Å²) in [5.41, 5.74) is 5.81. The zero-order valence-corrected chi connectivity index (χ0v) is 22.4. The van der Waals surface area contributed by atoms with Gasteiger partial charge in [-0.3, -0.25) is 0 Å². The van der Waals surface area contributed by atoms with Crippen LogP contribution in [0.1, 0.15) is 18.1 Å². The van der Waals surface area contributed by atoms with E-state index >= 15 is 0 Å². The standard InChI is InChI=1S/C28H33N5O4S/c1-2-38(34,35)33-14-12-32(13-15-33)27-9-8-25-19-24(27)21-37-17-4-3-16-36-20-22-6-5-7-23(18-22)26-10-11-29-28(30-25)31-26/h3-11,18-19H,2,12-17,20-21H2,1H3,(H,29,30,31)/b4-3+. The molecule has 2 aromatic carbocycles. The molecule has 0 spiro atoms. The lowest BCUT2D eigenvalue weighted by molar-refractivity contribution is 0.140. The average molecular weight is 536 g/mol. The molecule has 1 saturated heterocycles. The quantitative estimate of drug-likeness (QED) is 0.504. The Morgan fingerprint density at radius 1 is 0.947 bits per heavy atom. The summed E-state index contributed by atoms with van der Waals surface area (Å²) >= 11 is 0.